The van der Waals surface area contributed by atoms with Gasteiger partial charge in [-0.05, 0) is 17.0 Å². The molecule has 4 rings (SSSR count). The molecule has 1 atom stereocenters. The van der Waals surface area contributed by atoms with Gasteiger partial charge >= 0.3 is 0 Å². The molecule has 0 aliphatic rings. The molecule has 0 fully saturated rings. The Bertz CT molecular complexity index is 1150. The molecule has 1 N–H and O–H groups in total. The number of pyridine rings is 1. The molecule has 7 nitrogen and oxygen atoms in total. The highest BCUT2D eigenvalue weighted by atomic mass is 32.1. The summed E-state index contributed by atoms with van der Waals surface area (Å²) >= 11 is 1.49. The number of hydrogen-bond donors (Lipinski definition) is 1. The minimum Gasteiger partial charge on any atom is -0.343 e. The Balaban J connectivity index is 1.69. The SMILES string of the molecule is Cn1cc(C(=O)N[C@@H](Cn2nccn2)c2ccccc2)c(-c2cccs2)cc1=O. The van der Waals surface area contributed by atoms with E-state index in [4.69, 9.17) is 0 Å². The van der Waals surface area contributed by atoms with Crippen LogP contribution in [0.1, 0.15) is 22.0 Å². The Hall–Kier alpha value is -3.52. The number of aromatic nitrogens is 4. The number of nitrogens with zero attached hydrogens (tertiary/aromatic N) is 4. The van der Waals surface area contributed by atoms with Gasteiger partial charge in [0.15, 0.2) is 0 Å². The van der Waals surface area contributed by atoms with Gasteiger partial charge < -0.3 is 9.88 Å². The molecule has 1 aromatic carbocycles. The normalized spacial score (nSPS) is 11.9. The molecule has 0 aliphatic heterocycles. The smallest absolute Gasteiger partial charge is 0.253 e. The summed E-state index contributed by atoms with van der Waals surface area (Å²) in [6.45, 7) is 0.392. The van der Waals surface area contributed by atoms with E-state index in [-0.39, 0.29) is 17.5 Å². The van der Waals surface area contributed by atoms with Gasteiger partial charge in [0.25, 0.3) is 11.5 Å². The van der Waals surface area contributed by atoms with E-state index in [1.807, 2.05) is 47.8 Å². The fourth-order valence-corrected chi connectivity index (χ4v) is 3.86. The number of amides is 1. The molecule has 0 radical (unpaired) electrons. The lowest BCUT2D eigenvalue weighted by molar-refractivity contribution is 0.0930. The second-order valence-electron chi connectivity index (χ2n) is 6.55. The monoisotopic (exact) mass is 405 g/mol. The van der Waals surface area contributed by atoms with E-state index in [0.29, 0.717) is 17.7 Å². The van der Waals surface area contributed by atoms with Gasteiger partial charge in [-0.2, -0.15) is 15.0 Å². The zero-order chi connectivity index (χ0) is 20.2. The third-order valence-corrected chi connectivity index (χ3v) is 5.48. The van der Waals surface area contributed by atoms with Crippen molar-refractivity contribution in [3.8, 4) is 10.4 Å². The van der Waals surface area contributed by atoms with Crippen LogP contribution in [-0.4, -0.2) is 25.5 Å². The van der Waals surface area contributed by atoms with Gasteiger partial charge in [-0.1, -0.05) is 36.4 Å². The Labute approximate surface area is 171 Å². The second kappa shape index (κ2) is 8.24. The second-order valence-corrected chi connectivity index (χ2v) is 7.50. The van der Waals surface area contributed by atoms with Gasteiger partial charge in [-0.15, -0.1) is 11.3 Å². The van der Waals surface area contributed by atoms with E-state index < -0.39 is 0 Å². The van der Waals surface area contributed by atoms with Crippen molar-refractivity contribution in [3.05, 3.63) is 94.0 Å². The molecular formula is C21H19N5O2S. The first-order chi connectivity index (χ1) is 14.1. The zero-order valence-electron chi connectivity index (χ0n) is 15.7. The average Bonchev–Trinajstić information content (AvgIpc) is 3.44. The lowest BCUT2D eigenvalue weighted by Gasteiger charge is -2.20. The van der Waals surface area contributed by atoms with Gasteiger partial charge in [-0.3, -0.25) is 9.59 Å². The van der Waals surface area contributed by atoms with Crippen LogP contribution in [0.2, 0.25) is 0 Å². The van der Waals surface area contributed by atoms with E-state index >= 15 is 0 Å². The Morgan fingerprint density at radius 3 is 2.59 bits per heavy atom. The standard InChI is InChI=1S/C21H19N5O2S/c1-25-13-17(16(12-20(25)27)19-8-5-11-29-19)21(28)24-18(14-26-22-9-10-23-26)15-6-3-2-4-7-15/h2-13,18H,14H2,1H3,(H,24,28)/t18-/m0/s1. The van der Waals surface area contributed by atoms with Gasteiger partial charge in [0.05, 0.1) is 30.5 Å². The Kier molecular flexibility index (Phi) is 5.35. The number of rotatable bonds is 6. The van der Waals surface area contributed by atoms with Crippen LogP contribution in [-0.2, 0) is 13.6 Å². The van der Waals surface area contributed by atoms with Crippen LogP contribution < -0.4 is 10.9 Å². The molecule has 29 heavy (non-hydrogen) atoms. The highest BCUT2D eigenvalue weighted by molar-refractivity contribution is 7.13. The Morgan fingerprint density at radius 1 is 1.14 bits per heavy atom. The third kappa shape index (κ3) is 4.17. The van der Waals surface area contributed by atoms with Crippen LogP contribution in [0.5, 0.6) is 0 Å². The molecule has 0 bridgehead atoms. The van der Waals surface area contributed by atoms with E-state index in [1.165, 1.54) is 22.0 Å². The van der Waals surface area contributed by atoms with Crippen LogP contribution in [0.3, 0.4) is 0 Å². The summed E-state index contributed by atoms with van der Waals surface area (Å²) < 4.78 is 1.42. The molecule has 0 aliphatic carbocycles. The van der Waals surface area contributed by atoms with Crippen molar-refractivity contribution in [1.82, 2.24) is 24.9 Å². The maximum Gasteiger partial charge on any atom is 0.253 e. The lowest BCUT2D eigenvalue weighted by atomic mass is 10.0. The largest absolute Gasteiger partial charge is 0.343 e. The van der Waals surface area contributed by atoms with Crippen molar-refractivity contribution in [2.45, 2.75) is 12.6 Å². The van der Waals surface area contributed by atoms with Crippen molar-refractivity contribution < 1.29 is 4.79 Å². The number of aryl methyl sites for hydroxylation is 1. The summed E-state index contributed by atoms with van der Waals surface area (Å²) in [5.74, 6) is -0.259. The van der Waals surface area contributed by atoms with Crippen molar-refractivity contribution in [2.75, 3.05) is 0 Å². The maximum absolute atomic E-state index is 13.3. The number of hydrogen-bond acceptors (Lipinski definition) is 5. The van der Waals surface area contributed by atoms with Crippen LogP contribution in [0.25, 0.3) is 10.4 Å². The number of thiophene rings is 1. The predicted octanol–water partition coefficient (Wildman–Crippen LogP) is 2.88. The summed E-state index contributed by atoms with van der Waals surface area (Å²) in [7, 11) is 1.64. The summed E-state index contributed by atoms with van der Waals surface area (Å²) in [5.41, 5.74) is 1.86. The molecule has 0 spiro atoms. The first-order valence-corrected chi connectivity index (χ1v) is 9.94. The highest BCUT2D eigenvalue weighted by Gasteiger charge is 2.21. The van der Waals surface area contributed by atoms with Crippen molar-refractivity contribution in [1.29, 1.82) is 0 Å². The van der Waals surface area contributed by atoms with Crippen LogP contribution in [0, 0.1) is 0 Å². The highest BCUT2D eigenvalue weighted by Crippen LogP contribution is 2.27. The number of carbonyl (C=O) groups is 1. The third-order valence-electron chi connectivity index (χ3n) is 4.58. The molecule has 0 saturated heterocycles. The maximum atomic E-state index is 13.3. The summed E-state index contributed by atoms with van der Waals surface area (Å²) in [4.78, 5) is 27.9. The number of nitrogens with one attached hydrogen (secondary N) is 1. The number of carbonyl (C=O) groups excluding carboxylic acids is 1. The lowest BCUT2D eigenvalue weighted by Crippen LogP contribution is -2.33. The molecule has 1 amide bonds. The zero-order valence-corrected chi connectivity index (χ0v) is 16.5. The first kappa shape index (κ1) is 18.8. The molecule has 8 heteroatoms. The van der Waals surface area contributed by atoms with E-state index in [0.717, 1.165) is 10.4 Å². The summed E-state index contributed by atoms with van der Waals surface area (Å²) in [6.07, 6.45) is 4.79. The average molecular weight is 405 g/mol. The van der Waals surface area contributed by atoms with Crippen LogP contribution in [0.4, 0.5) is 0 Å². The predicted molar refractivity (Wildman–Crippen MR) is 112 cm³/mol. The molecule has 0 unspecified atom stereocenters. The fraction of sp³-hybridized carbons (Fsp3) is 0.143. The molecular weight excluding hydrogens is 386 g/mol. The quantitative estimate of drug-likeness (QED) is 0.535. The molecule has 4 aromatic rings. The Morgan fingerprint density at radius 2 is 1.90 bits per heavy atom. The van der Waals surface area contributed by atoms with Gasteiger partial charge in [0.1, 0.15) is 0 Å². The van der Waals surface area contributed by atoms with E-state index in [1.54, 1.807) is 30.4 Å². The van der Waals surface area contributed by atoms with Crippen LogP contribution >= 0.6 is 11.3 Å². The molecule has 3 heterocycles. The minimum atomic E-state index is -0.329. The topological polar surface area (TPSA) is 81.8 Å². The molecule has 0 saturated carbocycles. The minimum absolute atomic E-state index is 0.162. The van der Waals surface area contributed by atoms with Gasteiger partial charge in [0, 0.05) is 29.8 Å². The first-order valence-electron chi connectivity index (χ1n) is 9.06. The number of benzene rings is 1. The van der Waals surface area contributed by atoms with Gasteiger partial charge in [0.2, 0.25) is 0 Å². The van der Waals surface area contributed by atoms with Crippen molar-refractivity contribution in [2.24, 2.45) is 7.05 Å². The van der Waals surface area contributed by atoms with E-state index in [9.17, 15) is 9.59 Å². The van der Waals surface area contributed by atoms with Crippen molar-refractivity contribution >= 4 is 17.2 Å². The fourth-order valence-electron chi connectivity index (χ4n) is 3.10. The molecule has 3 aromatic heterocycles. The van der Waals surface area contributed by atoms with Gasteiger partial charge in [-0.25, -0.2) is 0 Å². The van der Waals surface area contributed by atoms with E-state index in [2.05, 4.69) is 15.5 Å². The summed E-state index contributed by atoms with van der Waals surface area (Å²) in [6, 6.07) is 14.7. The van der Waals surface area contributed by atoms with Crippen LogP contribution in [0.15, 0.2) is 77.3 Å². The van der Waals surface area contributed by atoms with Crippen molar-refractivity contribution in [3.63, 3.8) is 0 Å². The summed E-state index contributed by atoms with van der Waals surface area (Å²) in [5, 5.41) is 13.3. The molecule has 146 valence electrons.